The molecule has 3 heteroatoms. The first-order valence-electron chi connectivity index (χ1n) is 10.8. The number of hydrogen-bond donors (Lipinski definition) is 3. The molecule has 0 bridgehead atoms. The van der Waals surface area contributed by atoms with E-state index in [9.17, 15) is 15.3 Å². The summed E-state index contributed by atoms with van der Waals surface area (Å²) in [6.07, 6.45) is 0. The van der Waals surface area contributed by atoms with Gasteiger partial charge in [-0.25, -0.2) is 0 Å². The Labute approximate surface area is 190 Å². The molecule has 6 rings (SSSR count). The van der Waals surface area contributed by atoms with Crippen molar-refractivity contribution < 1.29 is 15.3 Å². The molecule has 0 radical (unpaired) electrons. The van der Waals surface area contributed by atoms with Crippen molar-refractivity contribution in [2.75, 3.05) is 0 Å². The van der Waals surface area contributed by atoms with E-state index in [0.29, 0.717) is 5.39 Å². The highest BCUT2D eigenvalue weighted by Gasteiger charge is 2.17. The first-order valence-corrected chi connectivity index (χ1v) is 10.8. The van der Waals surface area contributed by atoms with Crippen LogP contribution in [-0.4, -0.2) is 15.3 Å². The molecular formula is C30H20O3. The van der Waals surface area contributed by atoms with Gasteiger partial charge in [0.1, 0.15) is 17.2 Å². The van der Waals surface area contributed by atoms with Gasteiger partial charge in [-0.1, -0.05) is 72.8 Å². The van der Waals surface area contributed by atoms with Crippen molar-refractivity contribution in [1.82, 2.24) is 0 Å². The zero-order valence-corrected chi connectivity index (χ0v) is 17.7. The molecule has 0 saturated heterocycles. The molecule has 0 fully saturated rings. The van der Waals surface area contributed by atoms with Crippen molar-refractivity contribution in [1.29, 1.82) is 0 Å². The number of rotatable bonds is 2. The lowest BCUT2D eigenvalue weighted by Gasteiger charge is -2.16. The minimum absolute atomic E-state index is 0.168. The summed E-state index contributed by atoms with van der Waals surface area (Å²) in [5.41, 5.74) is 3.50. The van der Waals surface area contributed by atoms with E-state index < -0.39 is 0 Å². The predicted octanol–water partition coefficient (Wildman–Crippen LogP) is 7.60. The van der Waals surface area contributed by atoms with Gasteiger partial charge in [0.05, 0.1) is 0 Å². The maximum Gasteiger partial charge on any atom is 0.124 e. The zero-order chi connectivity index (χ0) is 22.5. The van der Waals surface area contributed by atoms with Crippen LogP contribution in [0, 0.1) is 0 Å². The summed E-state index contributed by atoms with van der Waals surface area (Å²) in [6.45, 7) is 0. The second-order valence-electron chi connectivity index (χ2n) is 8.29. The predicted molar refractivity (Wildman–Crippen MR) is 135 cm³/mol. The van der Waals surface area contributed by atoms with E-state index in [4.69, 9.17) is 0 Å². The lowest BCUT2D eigenvalue weighted by molar-refractivity contribution is 0.476. The zero-order valence-electron chi connectivity index (χ0n) is 17.7. The van der Waals surface area contributed by atoms with Gasteiger partial charge in [-0.05, 0) is 79.5 Å². The Kier molecular flexibility index (Phi) is 4.24. The molecular weight excluding hydrogens is 408 g/mol. The summed E-state index contributed by atoms with van der Waals surface area (Å²) in [7, 11) is 0. The van der Waals surface area contributed by atoms with Gasteiger partial charge in [-0.15, -0.1) is 0 Å². The average molecular weight is 428 g/mol. The molecule has 6 aromatic rings. The molecule has 0 aromatic heterocycles. The van der Waals surface area contributed by atoms with Crippen molar-refractivity contribution in [2.45, 2.75) is 0 Å². The van der Waals surface area contributed by atoms with Gasteiger partial charge in [0.2, 0.25) is 0 Å². The molecule has 0 unspecified atom stereocenters. The summed E-state index contributed by atoms with van der Waals surface area (Å²) in [6, 6.07) is 32.4. The highest BCUT2D eigenvalue weighted by Crippen LogP contribution is 2.44. The molecule has 0 atom stereocenters. The Morgan fingerprint density at radius 2 is 0.909 bits per heavy atom. The average Bonchev–Trinajstić information content (AvgIpc) is 2.82. The molecule has 3 nitrogen and oxygen atoms in total. The molecule has 33 heavy (non-hydrogen) atoms. The van der Waals surface area contributed by atoms with E-state index in [-0.39, 0.29) is 17.2 Å². The van der Waals surface area contributed by atoms with Crippen LogP contribution in [0.4, 0.5) is 0 Å². The SMILES string of the molecule is Oc1cc(-c2ccc(-c3cc(O)cc4ccccc34)c3c(O)cccc23)c2ccccc2c1. The number of benzene rings is 6. The summed E-state index contributed by atoms with van der Waals surface area (Å²) in [5.74, 6) is 0.539. The largest absolute Gasteiger partial charge is 0.508 e. The Balaban J connectivity index is 1.72. The van der Waals surface area contributed by atoms with Crippen molar-refractivity contribution in [3.05, 3.63) is 103 Å². The first kappa shape index (κ1) is 19.2. The van der Waals surface area contributed by atoms with Crippen LogP contribution in [0.1, 0.15) is 0 Å². The lowest BCUT2D eigenvalue weighted by Crippen LogP contribution is -1.89. The van der Waals surface area contributed by atoms with Crippen molar-refractivity contribution >= 4 is 32.3 Å². The highest BCUT2D eigenvalue weighted by molar-refractivity contribution is 6.14. The molecule has 0 aliphatic heterocycles. The Morgan fingerprint density at radius 1 is 0.394 bits per heavy atom. The van der Waals surface area contributed by atoms with E-state index in [0.717, 1.165) is 49.2 Å². The normalized spacial score (nSPS) is 11.4. The fourth-order valence-electron chi connectivity index (χ4n) is 4.88. The van der Waals surface area contributed by atoms with E-state index in [1.165, 1.54) is 0 Å². The van der Waals surface area contributed by atoms with Gasteiger partial charge in [0, 0.05) is 5.39 Å². The van der Waals surface area contributed by atoms with E-state index in [1.54, 1.807) is 30.3 Å². The summed E-state index contributed by atoms with van der Waals surface area (Å²) in [5, 5.41) is 37.3. The molecule has 0 saturated carbocycles. The summed E-state index contributed by atoms with van der Waals surface area (Å²) < 4.78 is 0. The maximum atomic E-state index is 11.0. The van der Waals surface area contributed by atoms with Crippen LogP contribution in [-0.2, 0) is 0 Å². The first-order chi connectivity index (χ1) is 16.1. The second kappa shape index (κ2) is 7.28. The van der Waals surface area contributed by atoms with Gasteiger partial charge in [-0.3, -0.25) is 0 Å². The summed E-state index contributed by atoms with van der Waals surface area (Å²) in [4.78, 5) is 0. The third kappa shape index (κ3) is 3.06. The fraction of sp³-hybridized carbons (Fsp3) is 0. The molecule has 0 spiro atoms. The molecule has 0 heterocycles. The topological polar surface area (TPSA) is 60.7 Å². The minimum Gasteiger partial charge on any atom is -0.508 e. The van der Waals surface area contributed by atoms with Crippen molar-refractivity contribution in [3.63, 3.8) is 0 Å². The quantitative estimate of drug-likeness (QED) is 0.266. The molecule has 0 aliphatic rings. The van der Waals surface area contributed by atoms with Crippen LogP contribution < -0.4 is 0 Å². The number of phenolic OH excluding ortho intramolecular Hbond substituents is 3. The number of fused-ring (bicyclic) bond motifs is 3. The Bertz CT molecular complexity index is 1700. The van der Waals surface area contributed by atoms with Crippen LogP contribution in [0.2, 0.25) is 0 Å². The number of aromatic hydroxyl groups is 3. The van der Waals surface area contributed by atoms with Crippen LogP contribution >= 0.6 is 0 Å². The number of hydrogen-bond acceptors (Lipinski definition) is 3. The third-order valence-corrected chi connectivity index (χ3v) is 6.29. The Morgan fingerprint density at radius 3 is 1.55 bits per heavy atom. The summed E-state index contributed by atoms with van der Waals surface area (Å²) >= 11 is 0. The highest BCUT2D eigenvalue weighted by atomic mass is 16.3. The van der Waals surface area contributed by atoms with Gasteiger partial charge in [-0.2, -0.15) is 0 Å². The van der Waals surface area contributed by atoms with E-state index in [2.05, 4.69) is 0 Å². The maximum absolute atomic E-state index is 11.0. The van der Waals surface area contributed by atoms with Crippen LogP contribution in [0.3, 0.4) is 0 Å². The molecule has 0 aliphatic carbocycles. The molecule has 3 N–H and O–H groups in total. The second-order valence-corrected chi connectivity index (χ2v) is 8.29. The molecule has 0 amide bonds. The third-order valence-electron chi connectivity index (χ3n) is 6.29. The van der Waals surface area contributed by atoms with Gasteiger partial charge < -0.3 is 15.3 Å². The standard InChI is InChI=1S/C30H20O3/c31-20-14-18-6-1-3-8-22(18)27(16-20)24-12-13-26(30-25(24)10-5-11-29(30)33)28-17-21(32)15-19-7-2-4-9-23(19)28/h1-17,31-33H. The van der Waals surface area contributed by atoms with Crippen LogP contribution in [0.15, 0.2) is 103 Å². The minimum atomic E-state index is 0.168. The number of phenols is 3. The fourth-order valence-corrected chi connectivity index (χ4v) is 4.88. The van der Waals surface area contributed by atoms with Gasteiger partial charge in [0.25, 0.3) is 0 Å². The smallest absolute Gasteiger partial charge is 0.124 e. The van der Waals surface area contributed by atoms with Gasteiger partial charge >= 0.3 is 0 Å². The van der Waals surface area contributed by atoms with Gasteiger partial charge in [0.15, 0.2) is 0 Å². The molecule has 158 valence electrons. The van der Waals surface area contributed by atoms with Crippen LogP contribution in [0.5, 0.6) is 17.2 Å². The van der Waals surface area contributed by atoms with Crippen molar-refractivity contribution in [3.8, 4) is 39.5 Å². The lowest BCUT2D eigenvalue weighted by atomic mass is 9.88. The molecule has 6 aromatic carbocycles. The van der Waals surface area contributed by atoms with Crippen molar-refractivity contribution in [2.24, 2.45) is 0 Å². The monoisotopic (exact) mass is 428 g/mol. The Hall–Kier alpha value is -4.50. The van der Waals surface area contributed by atoms with E-state index in [1.807, 2.05) is 72.8 Å². The van der Waals surface area contributed by atoms with Crippen LogP contribution in [0.25, 0.3) is 54.6 Å². The van der Waals surface area contributed by atoms with E-state index >= 15 is 0 Å².